The molecule has 1 aromatic rings. The van der Waals surface area contributed by atoms with E-state index in [1.54, 1.807) is 13.4 Å². The summed E-state index contributed by atoms with van der Waals surface area (Å²) in [7, 11) is 3.19. The molecule has 0 amide bonds. The molecule has 1 aromatic heterocycles. The van der Waals surface area contributed by atoms with E-state index >= 15 is 0 Å². The van der Waals surface area contributed by atoms with Crippen molar-refractivity contribution < 1.29 is 9.53 Å². The molecule has 0 saturated carbocycles. The van der Waals surface area contributed by atoms with Crippen LogP contribution in [0.1, 0.15) is 44.9 Å². The highest BCUT2D eigenvalue weighted by atomic mass is 127. The van der Waals surface area contributed by atoms with Gasteiger partial charge in [-0.2, -0.15) is 0 Å². The summed E-state index contributed by atoms with van der Waals surface area (Å²) in [6.07, 6.45) is 7.20. The summed E-state index contributed by atoms with van der Waals surface area (Å²) in [6, 6.07) is 0. The Morgan fingerprint density at radius 2 is 1.96 bits per heavy atom. The predicted molar refractivity (Wildman–Crippen MR) is 109 cm³/mol. The number of nitrogens with zero attached hydrogens (tertiary/aromatic N) is 4. The number of esters is 1. The SMILES string of the molecule is CCc1nncn1CCNC(=NC)NCCCCCCC(=O)OC.I. The maximum absolute atomic E-state index is 11.0. The van der Waals surface area contributed by atoms with Crippen molar-refractivity contribution in [2.75, 3.05) is 27.2 Å². The second-order valence-electron chi connectivity index (χ2n) is 5.46. The first kappa shape index (κ1) is 23.6. The van der Waals surface area contributed by atoms with Gasteiger partial charge in [0, 0.05) is 39.5 Å². The highest BCUT2D eigenvalue weighted by Gasteiger charge is 2.02. The van der Waals surface area contributed by atoms with Crippen LogP contribution in [0.15, 0.2) is 11.3 Å². The van der Waals surface area contributed by atoms with E-state index in [0.717, 1.165) is 63.5 Å². The van der Waals surface area contributed by atoms with Crippen LogP contribution in [-0.4, -0.2) is 53.9 Å². The molecule has 0 aliphatic carbocycles. The van der Waals surface area contributed by atoms with Crippen LogP contribution in [0.4, 0.5) is 0 Å². The van der Waals surface area contributed by atoms with Gasteiger partial charge in [-0.3, -0.25) is 9.79 Å². The number of carbonyl (C=O) groups is 1. The van der Waals surface area contributed by atoms with Crippen molar-refractivity contribution in [3.05, 3.63) is 12.2 Å². The number of hydrogen-bond acceptors (Lipinski definition) is 5. The van der Waals surface area contributed by atoms with E-state index in [-0.39, 0.29) is 29.9 Å². The molecule has 0 fully saturated rings. The highest BCUT2D eigenvalue weighted by molar-refractivity contribution is 14.0. The number of nitrogens with one attached hydrogen (secondary N) is 2. The Kier molecular flexibility index (Phi) is 14.1. The minimum absolute atomic E-state index is 0. The number of guanidine groups is 1. The summed E-state index contributed by atoms with van der Waals surface area (Å²) in [5.41, 5.74) is 0. The summed E-state index contributed by atoms with van der Waals surface area (Å²) in [5.74, 6) is 1.67. The fourth-order valence-electron chi connectivity index (χ4n) is 2.31. The van der Waals surface area contributed by atoms with E-state index in [2.05, 4.69) is 37.5 Å². The Morgan fingerprint density at radius 3 is 2.64 bits per heavy atom. The van der Waals surface area contributed by atoms with Crippen molar-refractivity contribution in [3.63, 3.8) is 0 Å². The number of aromatic nitrogens is 3. The van der Waals surface area contributed by atoms with E-state index in [9.17, 15) is 4.79 Å². The van der Waals surface area contributed by atoms with Crippen molar-refractivity contribution in [2.45, 2.75) is 52.0 Å². The number of aryl methyl sites for hydroxylation is 1. The second kappa shape index (κ2) is 14.9. The third-order valence-electron chi connectivity index (χ3n) is 3.71. The molecule has 8 nitrogen and oxygen atoms in total. The van der Waals surface area contributed by atoms with E-state index in [1.807, 2.05) is 4.57 Å². The molecule has 0 saturated heterocycles. The molecule has 144 valence electrons. The molecule has 1 heterocycles. The Balaban J connectivity index is 0.00000576. The van der Waals surface area contributed by atoms with Crippen molar-refractivity contribution >= 4 is 35.9 Å². The molecule has 0 unspecified atom stereocenters. The molecule has 0 spiro atoms. The lowest BCUT2D eigenvalue weighted by atomic mass is 10.1. The summed E-state index contributed by atoms with van der Waals surface area (Å²) in [6.45, 7) is 4.51. The van der Waals surface area contributed by atoms with Crippen LogP contribution in [0.2, 0.25) is 0 Å². The Morgan fingerprint density at radius 1 is 1.24 bits per heavy atom. The number of rotatable bonds is 11. The summed E-state index contributed by atoms with van der Waals surface area (Å²) in [5, 5.41) is 14.6. The lowest BCUT2D eigenvalue weighted by Crippen LogP contribution is -2.39. The minimum Gasteiger partial charge on any atom is -0.469 e. The van der Waals surface area contributed by atoms with Gasteiger partial charge in [0.2, 0.25) is 0 Å². The largest absolute Gasteiger partial charge is 0.469 e. The van der Waals surface area contributed by atoms with Crippen LogP contribution in [0.5, 0.6) is 0 Å². The first-order chi connectivity index (χ1) is 11.7. The van der Waals surface area contributed by atoms with Crippen LogP contribution in [0.25, 0.3) is 0 Å². The van der Waals surface area contributed by atoms with E-state index in [0.29, 0.717) is 6.42 Å². The topological polar surface area (TPSA) is 93.4 Å². The fourth-order valence-corrected chi connectivity index (χ4v) is 2.31. The average molecular weight is 466 g/mol. The van der Waals surface area contributed by atoms with Gasteiger partial charge in [0.05, 0.1) is 7.11 Å². The fraction of sp³-hybridized carbons (Fsp3) is 0.750. The van der Waals surface area contributed by atoms with Crippen LogP contribution in [0, 0.1) is 0 Å². The number of aliphatic imine (C=N–C) groups is 1. The average Bonchev–Trinajstić information content (AvgIpc) is 3.06. The normalized spacial score (nSPS) is 10.9. The quantitative estimate of drug-likeness (QED) is 0.170. The summed E-state index contributed by atoms with van der Waals surface area (Å²) >= 11 is 0. The highest BCUT2D eigenvalue weighted by Crippen LogP contribution is 2.03. The molecule has 2 N–H and O–H groups in total. The zero-order valence-electron chi connectivity index (χ0n) is 15.5. The van der Waals surface area contributed by atoms with E-state index in [4.69, 9.17) is 0 Å². The monoisotopic (exact) mass is 466 g/mol. The van der Waals surface area contributed by atoms with E-state index < -0.39 is 0 Å². The molecule has 25 heavy (non-hydrogen) atoms. The minimum atomic E-state index is -0.128. The van der Waals surface area contributed by atoms with Gasteiger partial charge in [-0.25, -0.2) is 0 Å². The van der Waals surface area contributed by atoms with Gasteiger partial charge in [0.15, 0.2) is 5.96 Å². The molecule has 0 aromatic carbocycles. The van der Waals surface area contributed by atoms with Gasteiger partial charge >= 0.3 is 5.97 Å². The van der Waals surface area contributed by atoms with Crippen molar-refractivity contribution in [2.24, 2.45) is 4.99 Å². The number of carbonyl (C=O) groups excluding carboxylic acids is 1. The number of halogens is 1. The van der Waals surface area contributed by atoms with Crippen LogP contribution >= 0.6 is 24.0 Å². The smallest absolute Gasteiger partial charge is 0.305 e. The molecule has 0 bridgehead atoms. The lowest BCUT2D eigenvalue weighted by molar-refractivity contribution is -0.140. The van der Waals surface area contributed by atoms with Crippen LogP contribution < -0.4 is 10.6 Å². The van der Waals surface area contributed by atoms with Gasteiger partial charge in [0.1, 0.15) is 12.2 Å². The third kappa shape index (κ3) is 10.3. The van der Waals surface area contributed by atoms with Crippen molar-refractivity contribution in [3.8, 4) is 0 Å². The zero-order chi connectivity index (χ0) is 17.6. The van der Waals surface area contributed by atoms with Gasteiger partial charge < -0.3 is 19.9 Å². The molecule has 1 rings (SSSR count). The summed E-state index contributed by atoms with van der Waals surface area (Å²) in [4.78, 5) is 15.2. The number of unbranched alkanes of at least 4 members (excludes halogenated alkanes) is 3. The van der Waals surface area contributed by atoms with Crippen LogP contribution in [0.3, 0.4) is 0 Å². The van der Waals surface area contributed by atoms with Gasteiger partial charge in [-0.15, -0.1) is 34.2 Å². The van der Waals surface area contributed by atoms with Crippen molar-refractivity contribution in [1.82, 2.24) is 25.4 Å². The molecular weight excluding hydrogens is 435 g/mol. The second-order valence-corrected chi connectivity index (χ2v) is 5.46. The van der Waals surface area contributed by atoms with E-state index in [1.165, 1.54) is 7.11 Å². The Labute approximate surface area is 167 Å². The molecule has 0 radical (unpaired) electrons. The first-order valence-corrected chi connectivity index (χ1v) is 8.59. The molecule has 0 atom stereocenters. The standard InChI is InChI=1S/C16H30N6O2.HI/c1-4-14-21-20-13-22(14)12-11-19-16(17-2)18-10-8-6-5-7-9-15(23)24-3;/h13H,4-12H2,1-3H3,(H2,17,18,19);1H. The maximum atomic E-state index is 11.0. The molecule has 0 aliphatic heterocycles. The number of methoxy groups -OCH3 is 1. The number of ether oxygens (including phenoxy) is 1. The lowest BCUT2D eigenvalue weighted by Gasteiger charge is -2.12. The van der Waals surface area contributed by atoms with Crippen molar-refractivity contribution in [1.29, 1.82) is 0 Å². The first-order valence-electron chi connectivity index (χ1n) is 8.59. The maximum Gasteiger partial charge on any atom is 0.305 e. The predicted octanol–water partition coefficient (Wildman–Crippen LogP) is 1.75. The third-order valence-corrected chi connectivity index (χ3v) is 3.71. The molecule has 0 aliphatic rings. The van der Waals surface area contributed by atoms with Gasteiger partial charge in [0.25, 0.3) is 0 Å². The number of hydrogen-bond donors (Lipinski definition) is 2. The van der Waals surface area contributed by atoms with Gasteiger partial charge in [-0.05, 0) is 12.8 Å². The van der Waals surface area contributed by atoms with Gasteiger partial charge in [-0.1, -0.05) is 19.8 Å². The zero-order valence-corrected chi connectivity index (χ0v) is 17.8. The molecule has 9 heteroatoms. The summed E-state index contributed by atoms with van der Waals surface area (Å²) < 4.78 is 6.66. The Hall–Kier alpha value is -1.39. The molecular formula is C16H31IN6O2. The van der Waals surface area contributed by atoms with Crippen LogP contribution in [-0.2, 0) is 22.5 Å². The Bertz CT molecular complexity index is 507.